The predicted octanol–water partition coefficient (Wildman–Crippen LogP) is 3.45. The summed E-state index contributed by atoms with van der Waals surface area (Å²) in [6.45, 7) is 1.33. The molecule has 136 valence electrons. The van der Waals surface area contributed by atoms with E-state index in [1.807, 2.05) is 12.1 Å². The number of nitro benzene ring substituents is 1. The summed E-state index contributed by atoms with van der Waals surface area (Å²) in [5.74, 6) is -0.128. The van der Waals surface area contributed by atoms with Crippen LogP contribution in [0.1, 0.15) is 42.1 Å². The molecule has 1 saturated carbocycles. The van der Waals surface area contributed by atoms with Crippen molar-refractivity contribution in [3.05, 3.63) is 58.4 Å². The van der Waals surface area contributed by atoms with Gasteiger partial charge in [-0.15, -0.1) is 0 Å². The first-order chi connectivity index (χ1) is 12.6. The maximum Gasteiger partial charge on any atom is 0.293 e. The normalized spacial score (nSPS) is 17.9. The minimum atomic E-state index is -0.417. The molecule has 1 saturated heterocycles. The zero-order valence-corrected chi connectivity index (χ0v) is 14.5. The Morgan fingerprint density at radius 2 is 1.81 bits per heavy atom. The average Bonchev–Trinajstić information content (AvgIpc) is 3.30. The van der Waals surface area contributed by atoms with Crippen LogP contribution in [0.15, 0.2) is 42.7 Å². The molecule has 7 heteroatoms. The first-order valence-electron chi connectivity index (χ1n) is 9.08. The number of rotatable bonds is 5. The number of carbonyl (C=O) groups excluding carboxylic acids is 1. The summed E-state index contributed by atoms with van der Waals surface area (Å²) in [5, 5.41) is 14.6. The van der Waals surface area contributed by atoms with Crippen LogP contribution in [0.25, 0.3) is 0 Å². The number of aromatic nitrogens is 1. The molecule has 1 aliphatic carbocycles. The minimum Gasteiger partial charge on any atom is -0.377 e. The molecule has 0 bridgehead atoms. The molecule has 0 atom stereocenters. The molecule has 1 aliphatic heterocycles. The Hall–Kier alpha value is -2.83. The molecule has 2 aromatic rings. The van der Waals surface area contributed by atoms with Crippen LogP contribution < -0.4 is 5.32 Å². The highest BCUT2D eigenvalue weighted by atomic mass is 16.6. The van der Waals surface area contributed by atoms with Gasteiger partial charge in [-0.2, -0.15) is 0 Å². The van der Waals surface area contributed by atoms with Gasteiger partial charge in [0.2, 0.25) is 0 Å². The van der Waals surface area contributed by atoms with E-state index in [1.54, 1.807) is 17.0 Å². The Kier molecular flexibility index (Phi) is 4.36. The summed E-state index contributed by atoms with van der Waals surface area (Å²) in [6, 6.07) is 9.51. The van der Waals surface area contributed by atoms with Gasteiger partial charge < -0.3 is 14.8 Å². The molecule has 0 radical (unpaired) electrons. The molecule has 1 aromatic carbocycles. The van der Waals surface area contributed by atoms with Crippen molar-refractivity contribution in [2.75, 3.05) is 18.4 Å². The highest BCUT2D eigenvalue weighted by Gasteiger charge is 2.28. The van der Waals surface area contributed by atoms with E-state index in [0.717, 1.165) is 25.7 Å². The number of nitro groups is 1. The number of anilines is 1. The first kappa shape index (κ1) is 16.6. The lowest BCUT2D eigenvalue weighted by Crippen LogP contribution is -2.38. The second kappa shape index (κ2) is 6.82. The van der Waals surface area contributed by atoms with Crippen molar-refractivity contribution >= 4 is 17.3 Å². The van der Waals surface area contributed by atoms with Gasteiger partial charge in [-0.3, -0.25) is 14.9 Å². The molecule has 1 aromatic heterocycles. The van der Waals surface area contributed by atoms with Crippen LogP contribution in [0.2, 0.25) is 0 Å². The third kappa shape index (κ3) is 3.42. The summed E-state index contributed by atoms with van der Waals surface area (Å²) < 4.78 is 2.19. The van der Waals surface area contributed by atoms with E-state index < -0.39 is 4.92 Å². The van der Waals surface area contributed by atoms with Crippen LogP contribution in [0.4, 0.5) is 11.4 Å². The number of amides is 1. The Morgan fingerprint density at radius 1 is 1.12 bits per heavy atom. The maximum absolute atomic E-state index is 12.8. The molecular formula is C19H22N4O3. The van der Waals surface area contributed by atoms with Crippen molar-refractivity contribution < 1.29 is 9.72 Å². The number of hydrogen-bond acceptors (Lipinski definition) is 4. The van der Waals surface area contributed by atoms with E-state index in [-0.39, 0.29) is 11.6 Å². The monoisotopic (exact) mass is 354 g/mol. The molecule has 2 aliphatic rings. The number of carbonyl (C=O) groups is 1. The molecule has 1 N–H and O–H groups in total. The molecule has 2 heterocycles. The van der Waals surface area contributed by atoms with Crippen molar-refractivity contribution in [1.29, 1.82) is 0 Å². The second-order valence-electron chi connectivity index (χ2n) is 7.06. The lowest BCUT2D eigenvalue weighted by Gasteiger charge is -2.32. The third-order valence-corrected chi connectivity index (χ3v) is 5.18. The number of nitrogens with zero attached hydrogens (tertiary/aromatic N) is 3. The lowest BCUT2D eigenvalue weighted by molar-refractivity contribution is -0.384. The summed E-state index contributed by atoms with van der Waals surface area (Å²) in [4.78, 5) is 25.6. The smallest absolute Gasteiger partial charge is 0.293 e. The van der Waals surface area contributed by atoms with Gasteiger partial charge in [0.1, 0.15) is 5.69 Å². The van der Waals surface area contributed by atoms with Gasteiger partial charge >= 0.3 is 0 Å². The molecule has 1 amide bonds. The van der Waals surface area contributed by atoms with E-state index >= 15 is 0 Å². The fourth-order valence-electron chi connectivity index (χ4n) is 3.53. The molecule has 26 heavy (non-hydrogen) atoms. The molecule has 2 fully saturated rings. The highest BCUT2D eigenvalue weighted by molar-refractivity contribution is 5.95. The highest BCUT2D eigenvalue weighted by Crippen LogP contribution is 2.32. The zero-order chi connectivity index (χ0) is 18.1. The van der Waals surface area contributed by atoms with Gasteiger partial charge in [-0.25, -0.2) is 0 Å². The number of nitrogens with one attached hydrogen (secondary N) is 1. The molecule has 4 rings (SSSR count). The van der Waals surface area contributed by atoms with Gasteiger partial charge in [-0.1, -0.05) is 0 Å². The first-order valence-corrected chi connectivity index (χ1v) is 9.08. The van der Waals surface area contributed by atoms with Crippen LogP contribution in [0.3, 0.4) is 0 Å². The third-order valence-electron chi connectivity index (χ3n) is 5.18. The predicted molar refractivity (Wildman–Crippen MR) is 98.3 cm³/mol. The average molecular weight is 354 g/mol. The number of hydrogen-bond donors (Lipinski definition) is 1. The molecule has 0 spiro atoms. The standard InChI is InChI=1S/C19H22N4O3/c24-19(22-11-7-16(8-12-22)21-9-1-2-10-21)14-3-6-17(20-15-4-5-15)18(13-14)23(25)26/h1-3,6,9-10,13,15-16,20H,4-5,7-8,11-12H2. The van der Waals surface area contributed by atoms with E-state index in [9.17, 15) is 14.9 Å². The SMILES string of the molecule is O=C(c1ccc(NC2CC2)c([N+](=O)[O-])c1)N1CCC(n2cccc2)CC1. The van der Waals surface area contributed by atoms with Gasteiger partial charge in [0.25, 0.3) is 11.6 Å². The van der Waals surface area contributed by atoms with Crippen LogP contribution in [-0.4, -0.2) is 39.4 Å². The summed E-state index contributed by atoms with van der Waals surface area (Å²) >= 11 is 0. The molecule has 0 unspecified atom stereocenters. The lowest BCUT2D eigenvalue weighted by atomic mass is 10.0. The zero-order valence-electron chi connectivity index (χ0n) is 14.5. The topological polar surface area (TPSA) is 80.4 Å². The number of benzene rings is 1. The van der Waals surface area contributed by atoms with Crippen molar-refractivity contribution in [2.24, 2.45) is 0 Å². The minimum absolute atomic E-state index is 0.0232. The largest absolute Gasteiger partial charge is 0.377 e. The van der Waals surface area contributed by atoms with E-state index in [0.29, 0.717) is 36.4 Å². The van der Waals surface area contributed by atoms with Gasteiger partial charge in [0.15, 0.2) is 0 Å². The maximum atomic E-state index is 12.8. The fourth-order valence-corrected chi connectivity index (χ4v) is 3.53. The Balaban J connectivity index is 1.46. The van der Waals surface area contributed by atoms with Crippen LogP contribution in [0, 0.1) is 10.1 Å². The fraction of sp³-hybridized carbons (Fsp3) is 0.421. The quantitative estimate of drug-likeness (QED) is 0.659. The molecular weight excluding hydrogens is 332 g/mol. The van der Waals surface area contributed by atoms with Crippen molar-refractivity contribution in [3.8, 4) is 0 Å². The van der Waals surface area contributed by atoms with Gasteiger partial charge in [0, 0.05) is 49.2 Å². The van der Waals surface area contributed by atoms with Crippen molar-refractivity contribution in [2.45, 2.75) is 37.8 Å². The number of piperidine rings is 1. The molecule has 7 nitrogen and oxygen atoms in total. The summed E-state index contributed by atoms with van der Waals surface area (Å²) in [6.07, 6.45) is 7.96. The Labute approximate surface area is 151 Å². The van der Waals surface area contributed by atoms with Crippen molar-refractivity contribution in [1.82, 2.24) is 9.47 Å². The summed E-state index contributed by atoms with van der Waals surface area (Å²) in [5.41, 5.74) is 0.864. The van der Waals surface area contributed by atoms with Crippen LogP contribution in [-0.2, 0) is 0 Å². The Morgan fingerprint density at radius 3 is 2.42 bits per heavy atom. The number of likely N-dealkylation sites (tertiary alicyclic amines) is 1. The van der Waals surface area contributed by atoms with E-state index in [2.05, 4.69) is 22.3 Å². The van der Waals surface area contributed by atoms with Crippen LogP contribution >= 0.6 is 0 Å². The van der Waals surface area contributed by atoms with E-state index in [1.165, 1.54) is 6.07 Å². The van der Waals surface area contributed by atoms with Crippen molar-refractivity contribution in [3.63, 3.8) is 0 Å². The Bertz CT molecular complexity index is 806. The van der Waals surface area contributed by atoms with Gasteiger partial charge in [0.05, 0.1) is 4.92 Å². The van der Waals surface area contributed by atoms with Gasteiger partial charge in [-0.05, 0) is 49.9 Å². The van der Waals surface area contributed by atoms with E-state index in [4.69, 9.17) is 0 Å². The van der Waals surface area contributed by atoms with Crippen LogP contribution in [0.5, 0.6) is 0 Å². The second-order valence-corrected chi connectivity index (χ2v) is 7.06. The summed E-state index contributed by atoms with van der Waals surface area (Å²) in [7, 11) is 0.